The van der Waals surface area contributed by atoms with E-state index in [0.29, 0.717) is 11.7 Å². The normalized spacial score (nSPS) is 16.9. The van der Waals surface area contributed by atoms with Crippen LogP contribution in [0.1, 0.15) is 23.4 Å². The molecule has 2 heterocycles. The van der Waals surface area contributed by atoms with E-state index in [1.165, 1.54) is 6.26 Å². The molecular weight excluding hydrogens is 228 g/mol. The number of piperidine rings is 1. The molecule has 0 unspecified atom stereocenters. The summed E-state index contributed by atoms with van der Waals surface area (Å²) in [4.78, 5) is 13.7. The van der Waals surface area contributed by atoms with Crippen molar-refractivity contribution in [3.8, 4) is 0 Å². The van der Waals surface area contributed by atoms with Gasteiger partial charge in [0.25, 0.3) is 5.91 Å². The van der Waals surface area contributed by atoms with Gasteiger partial charge in [-0.2, -0.15) is 0 Å². The number of carbonyl (C=O) groups is 1. The first-order valence-electron chi connectivity index (χ1n) is 5.34. The van der Waals surface area contributed by atoms with Gasteiger partial charge in [-0.15, -0.1) is 12.4 Å². The third-order valence-corrected chi connectivity index (χ3v) is 2.97. The van der Waals surface area contributed by atoms with E-state index in [-0.39, 0.29) is 18.3 Å². The van der Waals surface area contributed by atoms with Crippen LogP contribution in [0.4, 0.5) is 0 Å². The first-order chi connectivity index (χ1) is 7.31. The molecule has 1 aromatic heterocycles. The molecule has 0 atom stereocenters. The number of likely N-dealkylation sites (tertiary alicyclic amines) is 1. The fourth-order valence-corrected chi connectivity index (χ4v) is 1.93. The average Bonchev–Trinajstić information content (AvgIpc) is 2.82. The zero-order chi connectivity index (χ0) is 10.7. The maximum absolute atomic E-state index is 11.9. The van der Waals surface area contributed by atoms with E-state index in [0.717, 1.165) is 32.5 Å². The van der Waals surface area contributed by atoms with E-state index < -0.39 is 0 Å². The molecule has 0 saturated carbocycles. The molecule has 0 spiro atoms. The van der Waals surface area contributed by atoms with Crippen LogP contribution in [0.2, 0.25) is 0 Å². The lowest BCUT2D eigenvalue weighted by Crippen LogP contribution is -2.39. The fourth-order valence-electron chi connectivity index (χ4n) is 1.93. The second-order valence-electron chi connectivity index (χ2n) is 3.95. The molecule has 16 heavy (non-hydrogen) atoms. The molecular formula is C11H17ClN2O2. The molecule has 1 fully saturated rings. The number of rotatable bonds is 2. The van der Waals surface area contributed by atoms with Gasteiger partial charge in [-0.25, -0.2) is 0 Å². The summed E-state index contributed by atoms with van der Waals surface area (Å²) in [6.45, 7) is 2.31. The summed E-state index contributed by atoms with van der Waals surface area (Å²) in [7, 11) is 0. The lowest BCUT2D eigenvalue weighted by atomic mass is 9.97. The Morgan fingerprint density at radius 3 is 2.69 bits per heavy atom. The number of nitrogens with zero attached hydrogens (tertiary/aromatic N) is 1. The zero-order valence-corrected chi connectivity index (χ0v) is 9.91. The summed E-state index contributed by atoms with van der Waals surface area (Å²) >= 11 is 0. The smallest absolute Gasteiger partial charge is 0.289 e. The highest BCUT2D eigenvalue weighted by Gasteiger charge is 2.23. The summed E-state index contributed by atoms with van der Waals surface area (Å²) in [5.41, 5.74) is 5.60. The highest BCUT2D eigenvalue weighted by molar-refractivity contribution is 5.91. The molecule has 2 rings (SSSR count). The van der Waals surface area contributed by atoms with Crippen molar-refractivity contribution < 1.29 is 9.21 Å². The zero-order valence-electron chi connectivity index (χ0n) is 9.09. The number of furan rings is 1. The molecule has 2 N–H and O–H groups in total. The molecule has 0 aromatic carbocycles. The Bertz CT molecular complexity index is 319. The Morgan fingerprint density at radius 1 is 1.50 bits per heavy atom. The maximum Gasteiger partial charge on any atom is 0.289 e. The SMILES string of the molecule is Cl.NCC1CCN(C(=O)c2ccco2)CC1. The minimum Gasteiger partial charge on any atom is -0.459 e. The van der Waals surface area contributed by atoms with Crippen LogP contribution in [0.5, 0.6) is 0 Å². The van der Waals surface area contributed by atoms with E-state index in [1.54, 1.807) is 12.1 Å². The fraction of sp³-hybridized carbons (Fsp3) is 0.545. The first kappa shape index (κ1) is 13.1. The van der Waals surface area contributed by atoms with Crippen LogP contribution in [0, 0.1) is 5.92 Å². The number of hydrogen-bond donors (Lipinski definition) is 1. The molecule has 0 radical (unpaired) electrons. The van der Waals surface area contributed by atoms with Gasteiger partial charge >= 0.3 is 0 Å². The van der Waals surface area contributed by atoms with Gasteiger partial charge in [-0.05, 0) is 37.4 Å². The predicted molar refractivity (Wildman–Crippen MR) is 63.6 cm³/mol. The van der Waals surface area contributed by atoms with Crippen molar-refractivity contribution in [2.24, 2.45) is 11.7 Å². The third kappa shape index (κ3) is 2.77. The lowest BCUT2D eigenvalue weighted by molar-refractivity contribution is 0.0661. The number of amides is 1. The molecule has 90 valence electrons. The van der Waals surface area contributed by atoms with Crippen LogP contribution in [-0.4, -0.2) is 30.4 Å². The summed E-state index contributed by atoms with van der Waals surface area (Å²) in [6, 6.07) is 3.44. The van der Waals surface area contributed by atoms with Crippen molar-refractivity contribution >= 4 is 18.3 Å². The van der Waals surface area contributed by atoms with Crippen molar-refractivity contribution in [3.63, 3.8) is 0 Å². The van der Waals surface area contributed by atoms with Gasteiger partial charge < -0.3 is 15.1 Å². The Kier molecular flexibility index (Phi) is 4.83. The molecule has 5 heteroatoms. The van der Waals surface area contributed by atoms with E-state index in [4.69, 9.17) is 10.2 Å². The van der Waals surface area contributed by atoms with E-state index in [1.807, 2.05) is 4.90 Å². The molecule has 1 aromatic rings. The predicted octanol–water partition coefficient (Wildman–Crippen LogP) is 1.51. The molecule has 1 saturated heterocycles. The monoisotopic (exact) mass is 244 g/mol. The standard InChI is InChI=1S/C11H16N2O2.ClH/c12-8-9-3-5-13(6-4-9)11(14)10-2-1-7-15-10;/h1-2,7,9H,3-6,8,12H2;1H. The van der Waals surface area contributed by atoms with Crippen molar-refractivity contribution in [2.45, 2.75) is 12.8 Å². The molecule has 1 aliphatic rings. The number of hydrogen-bond acceptors (Lipinski definition) is 3. The Balaban J connectivity index is 0.00000128. The van der Waals surface area contributed by atoms with Gasteiger partial charge in [0.2, 0.25) is 0 Å². The summed E-state index contributed by atoms with van der Waals surface area (Å²) in [6.07, 6.45) is 3.53. The van der Waals surface area contributed by atoms with Crippen LogP contribution in [0.25, 0.3) is 0 Å². The Hall–Kier alpha value is -1.00. The summed E-state index contributed by atoms with van der Waals surface area (Å²) in [5.74, 6) is 1.00. The Labute approximate surface area is 101 Å². The van der Waals surface area contributed by atoms with Gasteiger partial charge in [0.05, 0.1) is 6.26 Å². The highest BCUT2D eigenvalue weighted by Crippen LogP contribution is 2.17. The van der Waals surface area contributed by atoms with Crippen molar-refractivity contribution in [2.75, 3.05) is 19.6 Å². The van der Waals surface area contributed by atoms with Gasteiger partial charge in [0.15, 0.2) is 5.76 Å². The number of carbonyl (C=O) groups excluding carboxylic acids is 1. The van der Waals surface area contributed by atoms with Gasteiger partial charge in [0, 0.05) is 13.1 Å². The molecule has 0 aliphatic carbocycles. The van der Waals surface area contributed by atoms with E-state index >= 15 is 0 Å². The summed E-state index contributed by atoms with van der Waals surface area (Å²) in [5, 5.41) is 0. The van der Waals surface area contributed by atoms with Crippen LogP contribution < -0.4 is 5.73 Å². The van der Waals surface area contributed by atoms with Crippen LogP contribution in [-0.2, 0) is 0 Å². The topological polar surface area (TPSA) is 59.5 Å². The van der Waals surface area contributed by atoms with Crippen LogP contribution in [0.3, 0.4) is 0 Å². The van der Waals surface area contributed by atoms with Gasteiger partial charge in [-0.3, -0.25) is 4.79 Å². The molecule has 1 aliphatic heterocycles. The van der Waals surface area contributed by atoms with Crippen molar-refractivity contribution in [3.05, 3.63) is 24.2 Å². The van der Waals surface area contributed by atoms with Crippen LogP contribution in [0.15, 0.2) is 22.8 Å². The maximum atomic E-state index is 11.9. The van der Waals surface area contributed by atoms with Gasteiger partial charge in [0.1, 0.15) is 0 Å². The minimum atomic E-state index is -0.00419. The lowest BCUT2D eigenvalue weighted by Gasteiger charge is -2.30. The molecule has 0 bridgehead atoms. The van der Waals surface area contributed by atoms with Crippen molar-refractivity contribution in [1.82, 2.24) is 4.90 Å². The third-order valence-electron chi connectivity index (χ3n) is 2.97. The second kappa shape index (κ2) is 5.92. The van der Waals surface area contributed by atoms with Crippen LogP contribution >= 0.6 is 12.4 Å². The van der Waals surface area contributed by atoms with Gasteiger partial charge in [-0.1, -0.05) is 0 Å². The summed E-state index contributed by atoms with van der Waals surface area (Å²) < 4.78 is 5.09. The second-order valence-corrected chi connectivity index (χ2v) is 3.95. The first-order valence-corrected chi connectivity index (χ1v) is 5.34. The van der Waals surface area contributed by atoms with E-state index in [2.05, 4.69) is 0 Å². The Morgan fingerprint density at radius 2 is 2.19 bits per heavy atom. The molecule has 4 nitrogen and oxygen atoms in total. The average molecular weight is 245 g/mol. The number of halogens is 1. The quantitative estimate of drug-likeness (QED) is 0.858. The number of nitrogens with two attached hydrogens (primary N) is 1. The van der Waals surface area contributed by atoms with E-state index in [9.17, 15) is 4.79 Å². The largest absolute Gasteiger partial charge is 0.459 e. The highest BCUT2D eigenvalue weighted by atomic mass is 35.5. The molecule has 1 amide bonds. The minimum absolute atomic E-state index is 0. The van der Waals surface area contributed by atoms with Crippen molar-refractivity contribution in [1.29, 1.82) is 0 Å².